The van der Waals surface area contributed by atoms with Gasteiger partial charge in [-0.15, -0.1) is 0 Å². The first kappa shape index (κ1) is 18.4. The SMILES string of the molecule is Cc1ccc(CN2C(=O)CC(C(N)=O)=C(Br)c3cccc(C)c32)cc1C. The Hall–Kier alpha value is -2.40. The van der Waals surface area contributed by atoms with Gasteiger partial charge >= 0.3 is 0 Å². The summed E-state index contributed by atoms with van der Waals surface area (Å²) in [6.45, 7) is 6.54. The van der Waals surface area contributed by atoms with Crippen LogP contribution in [0.4, 0.5) is 5.69 Å². The second-order valence-electron chi connectivity index (χ2n) is 6.70. The molecule has 0 fully saturated rings. The molecule has 3 rings (SSSR count). The van der Waals surface area contributed by atoms with Crippen LogP contribution in [0, 0.1) is 20.8 Å². The van der Waals surface area contributed by atoms with Gasteiger partial charge < -0.3 is 10.6 Å². The van der Waals surface area contributed by atoms with Gasteiger partial charge in [-0.05, 0) is 59.0 Å². The number of para-hydroxylation sites is 1. The summed E-state index contributed by atoms with van der Waals surface area (Å²) in [7, 11) is 0. The Kier molecular flexibility index (Phi) is 5.01. The van der Waals surface area contributed by atoms with Crippen molar-refractivity contribution in [3.8, 4) is 0 Å². The molecule has 2 amide bonds. The van der Waals surface area contributed by atoms with Crippen molar-refractivity contribution in [1.82, 2.24) is 0 Å². The number of benzene rings is 2. The molecule has 1 aliphatic heterocycles. The summed E-state index contributed by atoms with van der Waals surface area (Å²) in [4.78, 5) is 26.6. The van der Waals surface area contributed by atoms with Gasteiger partial charge in [0.1, 0.15) is 0 Å². The molecule has 0 bridgehead atoms. The number of halogens is 1. The fourth-order valence-electron chi connectivity index (χ4n) is 3.25. The second kappa shape index (κ2) is 7.08. The van der Waals surface area contributed by atoms with Crippen LogP contribution in [0.2, 0.25) is 0 Å². The van der Waals surface area contributed by atoms with Crippen molar-refractivity contribution in [3.63, 3.8) is 0 Å². The fraction of sp³-hybridized carbons (Fsp3) is 0.238. The average Bonchev–Trinajstić information content (AvgIpc) is 2.69. The highest BCUT2D eigenvalue weighted by molar-refractivity contribution is 9.15. The van der Waals surface area contributed by atoms with Crippen LogP contribution in [-0.2, 0) is 16.1 Å². The number of nitrogens with zero attached hydrogens (tertiary/aromatic N) is 1. The zero-order chi connectivity index (χ0) is 19.0. The zero-order valence-corrected chi connectivity index (χ0v) is 16.7. The Morgan fingerprint density at radius 3 is 2.50 bits per heavy atom. The average molecular weight is 413 g/mol. The van der Waals surface area contributed by atoms with E-state index in [1.807, 2.05) is 31.2 Å². The molecule has 2 aromatic rings. The number of rotatable bonds is 3. The van der Waals surface area contributed by atoms with Crippen LogP contribution in [0.5, 0.6) is 0 Å². The molecule has 0 spiro atoms. The molecule has 4 nitrogen and oxygen atoms in total. The summed E-state index contributed by atoms with van der Waals surface area (Å²) < 4.78 is 0.597. The van der Waals surface area contributed by atoms with Gasteiger partial charge in [0.15, 0.2) is 0 Å². The fourth-order valence-corrected chi connectivity index (χ4v) is 3.91. The first-order chi connectivity index (χ1) is 12.3. The smallest absolute Gasteiger partial charge is 0.246 e. The van der Waals surface area contributed by atoms with Crippen LogP contribution in [0.1, 0.15) is 34.2 Å². The third kappa shape index (κ3) is 3.31. The highest BCUT2D eigenvalue weighted by Gasteiger charge is 2.30. The van der Waals surface area contributed by atoms with Crippen molar-refractivity contribution in [2.45, 2.75) is 33.7 Å². The van der Waals surface area contributed by atoms with E-state index in [2.05, 4.69) is 41.9 Å². The van der Waals surface area contributed by atoms with Crippen molar-refractivity contribution in [1.29, 1.82) is 0 Å². The van der Waals surface area contributed by atoms with Gasteiger partial charge in [-0.3, -0.25) is 9.59 Å². The molecule has 2 N–H and O–H groups in total. The van der Waals surface area contributed by atoms with Crippen molar-refractivity contribution < 1.29 is 9.59 Å². The largest absolute Gasteiger partial charge is 0.366 e. The quantitative estimate of drug-likeness (QED) is 0.822. The lowest BCUT2D eigenvalue weighted by Gasteiger charge is -2.25. The molecule has 0 aromatic heterocycles. The summed E-state index contributed by atoms with van der Waals surface area (Å²) in [5.41, 5.74) is 11.9. The van der Waals surface area contributed by atoms with Gasteiger partial charge in [0.2, 0.25) is 11.8 Å². The van der Waals surface area contributed by atoms with E-state index in [-0.39, 0.29) is 12.3 Å². The van der Waals surface area contributed by atoms with Crippen LogP contribution in [0.15, 0.2) is 42.0 Å². The minimum Gasteiger partial charge on any atom is -0.366 e. The van der Waals surface area contributed by atoms with Gasteiger partial charge in [-0.25, -0.2) is 0 Å². The lowest BCUT2D eigenvalue weighted by atomic mass is 10.0. The predicted molar refractivity (Wildman–Crippen MR) is 108 cm³/mol. The lowest BCUT2D eigenvalue weighted by Crippen LogP contribution is -2.31. The normalized spacial score (nSPS) is 14.3. The van der Waals surface area contributed by atoms with Gasteiger partial charge in [-0.2, -0.15) is 0 Å². The lowest BCUT2D eigenvalue weighted by molar-refractivity contribution is -0.120. The Morgan fingerprint density at radius 1 is 1.12 bits per heavy atom. The molecule has 0 aliphatic carbocycles. The van der Waals surface area contributed by atoms with Crippen molar-refractivity contribution in [2.75, 3.05) is 4.90 Å². The van der Waals surface area contributed by atoms with Crippen LogP contribution < -0.4 is 10.6 Å². The minimum atomic E-state index is -0.578. The molecule has 1 heterocycles. The molecule has 0 unspecified atom stereocenters. The predicted octanol–water partition coefficient (Wildman–Crippen LogP) is 4.14. The van der Waals surface area contributed by atoms with Crippen molar-refractivity contribution in [3.05, 3.63) is 69.8 Å². The Bertz CT molecular complexity index is 947. The molecule has 5 heteroatoms. The Morgan fingerprint density at radius 2 is 1.85 bits per heavy atom. The number of carbonyl (C=O) groups is 2. The topological polar surface area (TPSA) is 63.4 Å². The molecule has 134 valence electrons. The summed E-state index contributed by atoms with van der Waals surface area (Å²) in [5, 5.41) is 0. The monoisotopic (exact) mass is 412 g/mol. The van der Waals surface area contributed by atoms with Crippen LogP contribution in [0.25, 0.3) is 4.48 Å². The summed E-state index contributed by atoms with van der Waals surface area (Å²) in [5.74, 6) is -0.715. The maximum Gasteiger partial charge on any atom is 0.246 e. The number of hydrogen-bond acceptors (Lipinski definition) is 2. The molecule has 0 atom stereocenters. The van der Waals surface area contributed by atoms with E-state index in [1.165, 1.54) is 11.1 Å². The van der Waals surface area contributed by atoms with E-state index < -0.39 is 5.91 Å². The third-order valence-electron chi connectivity index (χ3n) is 4.85. The molecule has 2 aromatic carbocycles. The number of nitrogens with two attached hydrogens (primary N) is 1. The van der Waals surface area contributed by atoms with E-state index in [1.54, 1.807) is 4.90 Å². The summed E-state index contributed by atoms with van der Waals surface area (Å²) in [6.07, 6.45) is -0.0190. The van der Waals surface area contributed by atoms with Crippen molar-refractivity contribution >= 4 is 37.9 Å². The number of amides is 2. The van der Waals surface area contributed by atoms with E-state index in [4.69, 9.17) is 5.73 Å². The maximum absolute atomic E-state index is 13.0. The summed E-state index contributed by atoms with van der Waals surface area (Å²) >= 11 is 3.50. The first-order valence-electron chi connectivity index (χ1n) is 8.44. The van der Waals surface area contributed by atoms with Gasteiger partial charge in [0.05, 0.1) is 18.7 Å². The summed E-state index contributed by atoms with van der Waals surface area (Å²) in [6, 6.07) is 12.0. The highest BCUT2D eigenvalue weighted by Crippen LogP contribution is 2.40. The molecule has 26 heavy (non-hydrogen) atoms. The zero-order valence-electron chi connectivity index (χ0n) is 15.1. The third-order valence-corrected chi connectivity index (χ3v) is 5.75. The molecule has 1 aliphatic rings. The number of carbonyl (C=O) groups excluding carboxylic acids is 2. The van der Waals surface area contributed by atoms with Crippen LogP contribution >= 0.6 is 15.9 Å². The number of aryl methyl sites for hydroxylation is 3. The first-order valence-corrected chi connectivity index (χ1v) is 9.24. The van der Waals surface area contributed by atoms with Gasteiger partial charge in [0, 0.05) is 15.6 Å². The number of primary amides is 1. The maximum atomic E-state index is 13.0. The van der Waals surface area contributed by atoms with E-state index in [9.17, 15) is 9.59 Å². The molecular formula is C21H21BrN2O2. The Labute approximate surface area is 161 Å². The molecule has 0 radical (unpaired) electrons. The highest BCUT2D eigenvalue weighted by atomic mass is 79.9. The van der Waals surface area contributed by atoms with Gasteiger partial charge in [0.25, 0.3) is 0 Å². The Balaban J connectivity index is 2.13. The minimum absolute atomic E-state index is 0.0190. The number of anilines is 1. The second-order valence-corrected chi connectivity index (χ2v) is 7.50. The van der Waals surface area contributed by atoms with E-state index in [0.717, 1.165) is 22.4 Å². The van der Waals surface area contributed by atoms with Gasteiger partial charge in [-0.1, -0.05) is 36.4 Å². The number of hydrogen-bond donors (Lipinski definition) is 1. The van der Waals surface area contributed by atoms with E-state index in [0.29, 0.717) is 16.6 Å². The molecule has 0 saturated heterocycles. The molecule has 0 saturated carbocycles. The van der Waals surface area contributed by atoms with Crippen LogP contribution in [0.3, 0.4) is 0 Å². The standard InChI is InChI=1S/C21H21BrN2O2/c1-12-7-8-15(9-14(12)3)11-24-18(25)10-17(21(23)26)19(22)16-6-4-5-13(2)20(16)24/h4-9H,10-11H2,1-3H3,(H2,23,26). The number of fused-ring (bicyclic) bond motifs is 1. The molecular weight excluding hydrogens is 392 g/mol. The van der Waals surface area contributed by atoms with Crippen LogP contribution in [-0.4, -0.2) is 11.8 Å². The van der Waals surface area contributed by atoms with E-state index >= 15 is 0 Å². The van der Waals surface area contributed by atoms with Crippen molar-refractivity contribution in [2.24, 2.45) is 5.73 Å².